The maximum absolute atomic E-state index is 11.7. The Morgan fingerprint density at radius 3 is 2.23 bits per heavy atom. The fourth-order valence-corrected chi connectivity index (χ4v) is 2.40. The quantitative estimate of drug-likeness (QED) is 0.548. The van der Waals surface area contributed by atoms with E-state index in [4.69, 9.17) is 0 Å². The van der Waals surface area contributed by atoms with Gasteiger partial charge in [-0.3, -0.25) is 9.79 Å². The summed E-state index contributed by atoms with van der Waals surface area (Å²) >= 11 is 0. The molecule has 1 unspecified atom stereocenters. The van der Waals surface area contributed by atoms with Crippen LogP contribution in [-0.2, 0) is 11.3 Å². The van der Waals surface area contributed by atoms with Gasteiger partial charge in [-0.1, -0.05) is 56.3 Å². The summed E-state index contributed by atoms with van der Waals surface area (Å²) in [6.07, 6.45) is 0. The first kappa shape index (κ1) is 19.5. The lowest BCUT2D eigenvalue weighted by molar-refractivity contribution is -0.118. The van der Waals surface area contributed by atoms with Gasteiger partial charge in [0.05, 0.1) is 6.04 Å². The van der Waals surface area contributed by atoms with Crippen molar-refractivity contribution in [3.63, 3.8) is 0 Å². The number of aliphatic imine (C=N–C) groups is 1. The van der Waals surface area contributed by atoms with Crippen LogP contribution in [0.5, 0.6) is 0 Å². The Kier molecular flexibility index (Phi) is 7.21. The predicted molar refractivity (Wildman–Crippen MR) is 108 cm³/mol. The molecule has 3 N–H and O–H groups in total. The van der Waals surface area contributed by atoms with Crippen LogP contribution in [0.1, 0.15) is 37.9 Å². The van der Waals surface area contributed by atoms with Gasteiger partial charge in [0.1, 0.15) is 0 Å². The van der Waals surface area contributed by atoms with Gasteiger partial charge < -0.3 is 16.0 Å². The Labute approximate surface area is 155 Å². The van der Waals surface area contributed by atoms with Crippen molar-refractivity contribution in [1.82, 2.24) is 10.6 Å². The van der Waals surface area contributed by atoms with Crippen LogP contribution in [0.25, 0.3) is 0 Å². The summed E-state index contributed by atoms with van der Waals surface area (Å²) in [4.78, 5) is 16.0. The van der Waals surface area contributed by atoms with Crippen molar-refractivity contribution in [2.75, 3.05) is 12.4 Å². The Morgan fingerprint density at radius 2 is 1.65 bits per heavy atom. The predicted octanol–water partition coefficient (Wildman–Crippen LogP) is 3.71. The molecule has 0 saturated heterocycles. The lowest BCUT2D eigenvalue weighted by atomic mass is 10.1. The molecule has 2 aromatic carbocycles. The number of anilines is 1. The van der Waals surface area contributed by atoms with E-state index in [1.807, 2.05) is 56.3 Å². The van der Waals surface area contributed by atoms with Gasteiger partial charge in [-0.15, -0.1) is 0 Å². The molecule has 0 aromatic heterocycles. The van der Waals surface area contributed by atoms with Gasteiger partial charge in [-0.2, -0.15) is 0 Å². The molecule has 1 atom stereocenters. The number of guanidine groups is 1. The summed E-state index contributed by atoms with van der Waals surface area (Å²) in [6, 6.07) is 18.2. The highest BCUT2D eigenvalue weighted by molar-refractivity contribution is 5.92. The maximum atomic E-state index is 11.7. The number of nitrogens with one attached hydrogen (secondary N) is 3. The normalized spacial score (nSPS) is 12.6. The summed E-state index contributed by atoms with van der Waals surface area (Å²) in [5.74, 6) is 0.742. The minimum Gasteiger partial charge on any atom is -0.352 e. The lowest BCUT2D eigenvalue weighted by Gasteiger charge is -2.18. The number of hydrogen-bond acceptors (Lipinski definition) is 2. The van der Waals surface area contributed by atoms with Crippen molar-refractivity contribution < 1.29 is 4.79 Å². The van der Waals surface area contributed by atoms with Crippen molar-refractivity contribution in [2.45, 2.75) is 33.4 Å². The molecule has 26 heavy (non-hydrogen) atoms. The van der Waals surface area contributed by atoms with Crippen LogP contribution >= 0.6 is 0 Å². The molecule has 0 aliphatic rings. The number of carbonyl (C=O) groups excluding carboxylic acids is 1. The fourth-order valence-electron chi connectivity index (χ4n) is 2.40. The second kappa shape index (κ2) is 9.61. The Morgan fingerprint density at radius 1 is 1.00 bits per heavy atom. The molecule has 2 aromatic rings. The first-order valence-electron chi connectivity index (χ1n) is 8.91. The molecule has 0 saturated carbocycles. The summed E-state index contributed by atoms with van der Waals surface area (Å²) in [6.45, 7) is 6.51. The minimum absolute atomic E-state index is 0.0235. The molecule has 0 aliphatic carbocycles. The van der Waals surface area contributed by atoms with E-state index in [0.717, 1.165) is 17.2 Å². The van der Waals surface area contributed by atoms with Crippen LogP contribution in [0.4, 0.5) is 5.69 Å². The molecule has 0 spiro atoms. The second-order valence-corrected chi connectivity index (χ2v) is 6.54. The van der Waals surface area contributed by atoms with Gasteiger partial charge in [0, 0.05) is 25.2 Å². The van der Waals surface area contributed by atoms with Gasteiger partial charge in [0.2, 0.25) is 5.91 Å². The molecule has 5 nitrogen and oxygen atoms in total. The number of benzene rings is 2. The average Bonchev–Trinajstić information content (AvgIpc) is 2.66. The second-order valence-electron chi connectivity index (χ2n) is 6.54. The summed E-state index contributed by atoms with van der Waals surface area (Å²) < 4.78 is 0. The van der Waals surface area contributed by atoms with Crippen molar-refractivity contribution in [3.8, 4) is 0 Å². The largest absolute Gasteiger partial charge is 0.352 e. The third kappa shape index (κ3) is 5.92. The maximum Gasteiger partial charge on any atom is 0.226 e. The van der Waals surface area contributed by atoms with E-state index >= 15 is 0 Å². The zero-order valence-electron chi connectivity index (χ0n) is 15.9. The van der Waals surface area contributed by atoms with Crippen molar-refractivity contribution in [2.24, 2.45) is 10.9 Å². The van der Waals surface area contributed by atoms with E-state index in [9.17, 15) is 4.79 Å². The SMILES string of the molecule is CN=C(NCc1ccc(NC(=O)C(C)C)cc1)NC(C)c1ccccc1. The van der Waals surface area contributed by atoms with Crippen LogP contribution in [-0.4, -0.2) is 18.9 Å². The summed E-state index contributed by atoms with van der Waals surface area (Å²) in [7, 11) is 1.76. The number of rotatable bonds is 6. The Bertz CT molecular complexity index is 723. The number of carbonyl (C=O) groups is 1. The van der Waals surface area contributed by atoms with Crippen LogP contribution in [0.3, 0.4) is 0 Å². The Balaban J connectivity index is 1.87. The molecule has 0 aliphatic heterocycles. The standard InChI is InChI=1S/C21H28N4O/c1-15(2)20(26)25-19-12-10-17(11-13-19)14-23-21(22-4)24-16(3)18-8-6-5-7-9-18/h5-13,15-16H,14H2,1-4H3,(H,25,26)(H2,22,23,24). The Hall–Kier alpha value is -2.82. The van der Waals surface area contributed by atoms with Crippen molar-refractivity contribution >= 4 is 17.6 Å². The average molecular weight is 352 g/mol. The molecule has 1 amide bonds. The molecular formula is C21H28N4O. The van der Waals surface area contributed by atoms with E-state index in [1.54, 1.807) is 7.05 Å². The highest BCUT2D eigenvalue weighted by Crippen LogP contribution is 2.12. The highest BCUT2D eigenvalue weighted by Gasteiger charge is 2.08. The van der Waals surface area contributed by atoms with Gasteiger partial charge in [0.15, 0.2) is 5.96 Å². The molecule has 0 bridgehead atoms. The fraction of sp³-hybridized carbons (Fsp3) is 0.333. The van der Waals surface area contributed by atoms with Gasteiger partial charge in [0.25, 0.3) is 0 Å². The van der Waals surface area contributed by atoms with Crippen LogP contribution in [0.15, 0.2) is 59.6 Å². The minimum atomic E-state index is -0.0302. The number of hydrogen-bond donors (Lipinski definition) is 3. The first-order valence-corrected chi connectivity index (χ1v) is 8.91. The molecule has 138 valence electrons. The number of amides is 1. The van der Waals surface area contributed by atoms with Gasteiger partial charge in [-0.25, -0.2) is 0 Å². The van der Waals surface area contributed by atoms with E-state index in [-0.39, 0.29) is 17.9 Å². The lowest BCUT2D eigenvalue weighted by Crippen LogP contribution is -2.38. The molecular weight excluding hydrogens is 324 g/mol. The van der Waals surface area contributed by atoms with E-state index in [2.05, 4.69) is 40.0 Å². The van der Waals surface area contributed by atoms with Crippen molar-refractivity contribution in [1.29, 1.82) is 0 Å². The smallest absolute Gasteiger partial charge is 0.226 e. The van der Waals surface area contributed by atoms with Crippen molar-refractivity contribution in [3.05, 3.63) is 65.7 Å². The molecule has 5 heteroatoms. The summed E-state index contributed by atoms with van der Waals surface area (Å²) in [5, 5.41) is 9.59. The van der Waals surface area contributed by atoms with Gasteiger partial charge >= 0.3 is 0 Å². The molecule has 0 fully saturated rings. The van der Waals surface area contributed by atoms with E-state index in [0.29, 0.717) is 6.54 Å². The zero-order chi connectivity index (χ0) is 18.9. The van der Waals surface area contributed by atoms with Gasteiger partial charge in [-0.05, 0) is 30.2 Å². The molecule has 2 rings (SSSR count). The van der Waals surface area contributed by atoms with E-state index in [1.165, 1.54) is 5.56 Å². The monoisotopic (exact) mass is 352 g/mol. The third-order valence-electron chi connectivity index (χ3n) is 4.08. The topological polar surface area (TPSA) is 65.5 Å². The molecule has 0 radical (unpaired) electrons. The van der Waals surface area contributed by atoms with Crippen LogP contribution in [0, 0.1) is 5.92 Å². The number of nitrogens with zero attached hydrogens (tertiary/aromatic N) is 1. The van der Waals surface area contributed by atoms with Crippen LogP contribution < -0.4 is 16.0 Å². The summed E-state index contributed by atoms with van der Waals surface area (Å²) in [5.41, 5.74) is 3.14. The molecule has 0 heterocycles. The zero-order valence-corrected chi connectivity index (χ0v) is 15.9. The first-order chi connectivity index (χ1) is 12.5. The van der Waals surface area contributed by atoms with E-state index < -0.39 is 0 Å². The third-order valence-corrected chi connectivity index (χ3v) is 4.08. The van der Waals surface area contributed by atoms with Crippen LogP contribution in [0.2, 0.25) is 0 Å². The highest BCUT2D eigenvalue weighted by atomic mass is 16.1.